The topological polar surface area (TPSA) is 29.3 Å². The van der Waals surface area contributed by atoms with Gasteiger partial charge in [0, 0.05) is 46.0 Å². The Morgan fingerprint density at radius 2 is 2.33 bits per heavy atom. The lowest BCUT2D eigenvalue weighted by molar-refractivity contribution is 0.206. The Morgan fingerprint density at radius 1 is 1.50 bits per heavy atom. The number of thioether (sulfide) groups is 1. The van der Waals surface area contributed by atoms with E-state index in [0.29, 0.717) is 12.6 Å². The number of thiophene rings is 1. The molecule has 4 heteroatoms. The standard InChI is InChI=1S/C14H20N2S2/c1-11-12(2)17-7-6-16(11)9-14-8-13(10-18-14)4-3-5-15/h8,10-12H,5-7,9,15H2,1-2H3. The molecule has 0 saturated carbocycles. The second-order valence-electron chi connectivity index (χ2n) is 4.59. The Hall–Kier alpha value is -0.470. The summed E-state index contributed by atoms with van der Waals surface area (Å²) >= 11 is 3.89. The maximum atomic E-state index is 5.39. The highest BCUT2D eigenvalue weighted by Crippen LogP contribution is 2.26. The summed E-state index contributed by atoms with van der Waals surface area (Å²) in [4.78, 5) is 3.98. The third-order valence-electron chi connectivity index (χ3n) is 3.36. The van der Waals surface area contributed by atoms with Crippen LogP contribution in [0.25, 0.3) is 0 Å². The van der Waals surface area contributed by atoms with Crippen molar-refractivity contribution in [2.75, 3.05) is 18.8 Å². The third-order valence-corrected chi connectivity index (χ3v) is 5.62. The molecule has 0 aliphatic carbocycles. The second kappa shape index (κ2) is 6.63. The summed E-state index contributed by atoms with van der Waals surface area (Å²) in [5.74, 6) is 7.25. The molecule has 1 fully saturated rings. The maximum Gasteiger partial charge on any atom is 0.0555 e. The van der Waals surface area contributed by atoms with Gasteiger partial charge in [-0.3, -0.25) is 4.90 Å². The molecular weight excluding hydrogens is 260 g/mol. The van der Waals surface area contributed by atoms with Crippen molar-refractivity contribution >= 4 is 23.1 Å². The van der Waals surface area contributed by atoms with Crippen molar-refractivity contribution in [3.8, 4) is 11.8 Å². The van der Waals surface area contributed by atoms with E-state index >= 15 is 0 Å². The summed E-state index contributed by atoms with van der Waals surface area (Å²) in [6.45, 7) is 7.34. The zero-order valence-electron chi connectivity index (χ0n) is 11.0. The molecule has 0 amide bonds. The molecule has 2 N–H and O–H groups in total. The SMILES string of the molecule is CC1SCCN(Cc2cc(C#CCN)cs2)C1C. The fraction of sp³-hybridized carbons (Fsp3) is 0.571. The Labute approximate surface area is 118 Å². The summed E-state index contributed by atoms with van der Waals surface area (Å²) in [6.07, 6.45) is 0. The number of hydrogen-bond acceptors (Lipinski definition) is 4. The van der Waals surface area contributed by atoms with Gasteiger partial charge in [0.2, 0.25) is 0 Å². The fourth-order valence-electron chi connectivity index (χ4n) is 2.10. The molecule has 1 saturated heterocycles. The van der Waals surface area contributed by atoms with E-state index in [-0.39, 0.29) is 0 Å². The Morgan fingerprint density at radius 3 is 3.11 bits per heavy atom. The van der Waals surface area contributed by atoms with E-state index in [0.717, 1.165) is 17.4 Å². The minimum atomic E-state index is 0.434. The van der Waals surface area contributed by atoms with Crippen molar-refractivity contribution in [1.29, 1.82) is 0 Å². The summed E-state index contributed by atoms with van der Waals surface area (Å²) in [5, 5.41) is 2.86. The van der Waals surface area contributed by atoms with Crippen molar-refractivity contribution in [2.24, 2.45) is 5.73 Å². The van der Waals surface area contributed by atoms with Crippen LogP contribution in [-0.2, 0) is 6.54 Å². The summed E-state index contributed by atoms with van der Waals surface area (Å²) in [6, 6.07) is 2.86. The highest BCUT2D eigenvalue weighted by molar-refractivity contribution is 8.00. The zero-order chi connectivity index (χ0) is 13.0. The molecule has 1 aromatic heterocycles. The van der Waals surface area contributed by atoms with E-state index in [9.17, 15) is 0 Å². The van der Waals surface area contributed by atoms with Gasteiger partial charge in [-0.1, -0.05) is 18.8 Å². The van der Waals surface area contributed by atoms with Gasteiger partial charge >= 0.3 is 0 Å². The van der Waals surface area contributed by atoms with Crippen molar-refractivity contribution in [3.63, 3.8) is 0 Å². The van der Waals surface area contributed by atoms with Gasteiger partial charge in [-0.15, -0.1) is 11.3 Å². The normalized spacial score (nSPS) is 24.6. The lowest BCUT2D eigenvalue weighted by Crippen LogP contribution is -2.43. The van der Waals surface area contributed by atoms with Crippen LogP contribution >= 0.6 is 23.1 Å². The Bertz CT molecular complexity index is 444. The highest BCUT2D eigenvalue weighted by Gasteiger charge is 2.25. The molecule has 1 aliphatic heterocycles. The molecule has 0 aromatic carbocycles. The quantitative estimate of drug-likeness (QED) is 0.844. The van der Waals surface area contributed by atoms with Crippen LogP contribution in [0.3, 0.4) is 0 Å². The molecule has 2 unspecified atom stereocenters. The number of nitrogens with zero attached hydrogens (tertiary/aromatic N) is 1. The molecule has 1 aromatic rings. The molecule has 18 heavy (non-hydrogen) atoms. The predicted molar refractivity (Wildman–Crippen MR) is 82.0 cm³/mol. The van der Waals surface area contributed by atoms with E-state index in [2.05, 4.69) is 53.8 Å². The second-order valence-corrected chi connectivity index (χ2v) is 7.08. The first-order chi connectivity index (χ1) is 8.70. The molecule has 2 heterocycles. The van der Waals surface area contributed by atoms with Gasteiger partial charge in [0.25, 0.3) is 0 Å². The van der Waals surface area contributed by atoms with Crippen LogP contribution in [0.2, 0.25) is 0 Å². The van der Waals surface area contributed by atoms with Crippen LogP contribution in [0.15, 0.2) is 11.4 Å². The van der Waals surface area contributed by atoms with E-state index in [4.69, 9.17) is 5.73 Å². The molecule has 98 valence electrons. The summed E-state index contributed by atoms with van der Waals surface area (Å²) in [5.41, 5.74) is 6.49. The number of nitrogens with two attached hydrogens (primary N) is 1. The van der Waals surface area contributed by atoms with E-state index in [1.807, 2.05) is 0 Å². The number of hydrogen-bond donors (Lipinski definition) is 1. The molecule has 1 aliphatic rings. The van der Waals surface area contributed by atoms with E-state index in [1.165, 1.54) is 17.2 Å². The van der Waals surface area contributed by atoms with Crippen molar-refractivity contribution in [1.82, 2.24) is 4.90 Å². The Balaban J connectivity index is 1.98. The average molecular weight is 280 g/mol. The molecular formula is C14H20N2S2. The molecule has 0 radical (unpaired) electrons. The van der Waals surface area contributed by atoms with Crippen LogP contribution in [0.4, 0.5) is 0 Å². The van der Waals surface area contributed by atoms with Crippen molar-refractivity contribution < 1.29 is 0 Å². The zero-order valence-corrected chi connectivity index (χ0v) is 12.6. The monoisotopic (exact) mass is 280 g/mol. The highest BCUT2D eigenvalue weighted by atomic mass is 32.2. The molecule has 0 spiro atoms. The molecule has 2 rings (SSSR count). The van der Waals surface area contributed by atoms with E-state index < -0.39 is 0 Å². The third kappa shape index (κ3) is 3.52. The van der Waals surface area contributed by atoms with Gasteiger partial charge in [0.15, 0.2) is 0 Å². The van der Waals surface area contributed by atoms with Gasteiger partial charge in [0.1, 0.15) is 0 Å². The Kier molecular flexibility index (Phi) is 5.13. The van der Waals surface area contributed by atoms with Crippen LogP contribution < -0.4 is 5.73 Å². The van der Waals surface area contributed by atoms with Crippen molar-refractivity contribution in [3.05, 3.63) is 21.9 Å². The average Bonchev–Trinajstić information content (AvgIpc) is 2.80. The summed E-state index contributed by atoms with van der Waals surface area (Å²) < 4.78 is 0. The maximum absolute atomic E-state index is 5.39. The van der Waals surface area contributed by atoms with Crippen LogP contribution in [0.1, 0.15) is 24.3 Å². The van der Waals surface area contributed by atoms with Gasteiger partial charge in [-0.2, -0.15) is 11.8 Å². The summed E-state index contributed by atoms with van der Waals surface area (Å²) in [7, 11) is 0. The van der Waals surface area contributed by atoms with Crippen LogP contribution in [0, 0.1) is 11.8 Å². The van der Waals surface area contributed by atoms with Gasteiger partial charge in [-0.25, -0.2) is 0 Å². The largest absolute Gasteiger partial charge is 0.320 e. The minimum Gasteiger partial charge on any atom is -0.320 e. The first-order valence-electron chi connectivity index (χ1n) is 6.32. The van der Waals surface area contributed by atoms with Crippen molar-refractivity contribution in [2.45, 2.75) is 31.7 Å². The predicted octanol–water partition coefficient (Wildman–Crippen LogP) is 2.38. The van der Waals surface area contributed by atoms with Crippen LogP contribution in [0.5, 0.6) is 0 Å². The molecule has 2 atom stereocenters. The fourth-order valence-corrected chi connectivity index (χ4v) is 4.10. The van der Waals surface area contributed by atoms with Gasteiger partial charge in [-0.05, 0) is 13.0 Å². The lowest BCUT2D eigenvalue weighted by atomic mass is 10.2. The number of rotatable bonds is 2. The molecule has 0 bridgehead atoms. The lowest BCUT2D eigenvalue weighted by Gasteiger charge is -2.37. The van der Waals surface area contributed by atoms with Gasteiger partial charge < -0.3 is 5.73 Å². The molecule has 2 nitrogen and oxygen atoms in total. The first-order valence-corrected chi connectivity index (χ1v) is 8.25. The smallest absolute Gasteiger partial charge is 0.0555 e. The van der Waals surface area contributed by atoms with Crippen LogP contribution in [-0.4, -0.2) is 35.0 Å². The minimum absolute atomic E-state index is 0.434. The van der Waals surface area contributed by atoms with E-state index in [1.54, 1.807) is 11.3 Å². The van der Waals surface area contributed by atoms with Gasteiger partial charge in [0.05, 0.1) is 6.54 Å². The first kappa shape index (κ1) is 14.0.